The Labute approximate surface area is 157 Å². The van der Waals surface area contributed by atoms with E-state index in [0.717, 1.165) is 5.56 Å². The molecule has 5 rings (SSSR count). The normalized spacial score (nSPS) is 22.1. The predicted octanol–water partition coefficient (Wildman–Crippen LogP) is 1.62. The van der Waals surface area contributed by atoms with Crippen molar-refractivity contribution in [1.82, 2.24) is 20.5 Å². The Morgan fingerprint density at radius 2 is 2.19 bits per heavy atom. The molecule has 0 radical (unpaired) electrons. The second-order valence-electron chi connectivity index (χ2n) is 6.56. The summed E-state index contributed by atoms with van der Waals surface area (Å²) in [4.78, 5) is 44.0. The number of nitrogens with zero attached hydrogens (tertiary/aromatic N) is 2. The van der Waals surface area contributed by atoms with Crippen molar-refractivity contribution in [1.29, 1.82) is 0 Å². The van der Waals surface area contributed by atoms with Crippen molar-refractivity contribution in [3.8, 4) is 0 Å². The van der Waals surface area contributed by atoms with E-state index in [2.05, 4.69) is 15.6 Å². The number of carbonyl (C=O) groups is 3. The number of furan rings is 1. The minimum atomic E-state index is -1.48. The van der Waals surface area contributed by atoms with Crippen molar-refractivity contribution < 1.29 is 18.8 Å². The Hall–Kier alpha value is -3.20. The number of rotatable bonds is 3. The van der Waals surface area contributed by atoms with Crippen LogP contribution in [0.5, 0.6) is 0 Å². The van der Waals surface area contributed by atoms with Crippen molar-refractivity contribution in [2.75, 3.05) is 13.1 Å². The van der Waals surface area contributed by atoms with Crippen LogP contribution in [0.3, 0.4) is 0 Å². The molecular formula is C18H14N4O4S. The number of thiophene rings is 1. The average Bonchev–Trinajstić information content (AvgIpc) is 3.35. The number of pyridine rings is 1. The average molecular weight is 382 g/mol. The zero-order valence-electron chi connectivity index (χ0n) is 14.0. The largest absolute Gasteiger partial charge is 0.456 e. The van der Waals surface area contributed by atoms with Crippen LogP contribution in [0.2, 0.25) is 0 Å². The summed E-state index contributed by atoms with van der Waals surface area (Å²) in [7, 11) is 0. The van der Waals surface area contributed by atoms with E-state index in [-0.39, 0.29) is 18.2 Å². The van der Waals surface area contributed by atoms with Gasteiger partial charge in [0.1, 0.15) is 11.3 Å². The molecule has 0 bridgehead atoms. The second-order valence-corrected chi connectivity index (χ2v) is 7.48. The van der Waals surface area contributed by atoms with Crippen LogP contribution in [0.4, 0.5) is 4.79 Å². The molecule has 2 aliphatic rings. The maximum atomic E-state index is 12.8. The van der Waals surface area contributed by atoms with Gasteiger partial charge in [0.2, 0.25) is 0 Å². The number of hydrogen-bond donors (Lipinski definition) is 2. The molecule has 8 nitrogen and oxygen atoms in total. The monoisotopic (exact) mass is 382 g/mol. The van der Waals surface area contributed by atoms with Gasteiger partial charge < -0.3 is 14.6 Å². The highest BCUT2D eigenvalue weighted by molar-refractivity contribution is 7.12. The van der Waals surface area contributed by atoms with Crippen LogP contribution in [0, 0.1) is 0 Å². The summed E-state index contributed by atoms with van der Waals surface area (Å²) in [6.45, 7) is 0.451. The van der Waals surface area contributed by atoms with Crippen LogP contribution in [-0.2, 0) is 16.8 Å². The number of fused-ring (bicyclic) bond motifs is 2. The number of amides is 4. The lowest BCUT2D eigenvalue weighted by atomic mass is 9.94. The maximum absolute atomic E-state index is 12.8. The first kappa shape index (κ1) is 16.0. The predicted molar refractivity (Wildman–Crippen MR) is 96.3 cm³/mol. The molecule has 5 heterocycles. The summed E-state index contributed by atoms with van der Waals surface area (Å²) in [6, 6.07) is 6.42. The SMILES string of the molecule is O=C1NC(=O)C(CN2CCc3ccsc3C2=O)(c2cc3ncccc3o2)N1. The van der Waals surface area contributed by atoms with Crippen LogP contribution in [-0.4, -0.2) is 40.8 Å². The molecule has 0 spiro atoms. The lowest BCUT2D eigenvalue weighted by molar-refractivity contribution is -0.125. The number of hydrogen-bond acceptors (Lipinski definition) is 6. The Kier molecular flexibility index (Phi) is 3.35. The number of urea groups is 1. The molecule has 2 aliphatic heterocycles. The van der Waals surface area contributed by atoms with Gasteiger partial charge in [-0.15, -0.1) is 11.3 Å². The summed E-state index contributed by atoms with van der Waals surface area (Å²) < 4.78 is 5.83. The van der Waals surface area contributed by atoms with Gasteiger partial charge in [-0.3, -0.25) is 19.9 Å². The molecule has 0 saturated carbocycles. The second kappa shape index (κ2) is 5.65. The van der Waals surface area contributed by atoms with Crippen LogP contribution < -0.4 is 10.6 Å². The standard InChI is InChI=1S/C18H14N4O4S/c23-15-14-10(4-7-27-14)3-6-22(15)9-18(16(24)20-17(25)21-18)13-8-11-12(26-13)2-1-5-19-11/h1-2,4-5,7-8H,3,6,9H2,(H2,20,21,24,25). The summed E-state index contributed by atoms with van der Waals surface area (Å²) in [5, 5.41) is 6.82. The van der Waals surface area contributed by atoms with Crippen LogP contribution in [0.25, 0.3) is 11.1 Å². The highest BCUT2D eigenvalue weighted by Crippen LogP contribution is 2.33. The molecule has 3 aromatic rings. The third-order valence-corrected chi connectivity index (χ3v) is 5.90. The molecule has 1 saturated heterocycles. The van der Waals surface area contributed by atoms with Gasteiger partial charge in [0.25, 0.3) is 11.8 Å². The lowest BCUT2D eigenvalue weighted by Crippen LogP contribution is -2.54. The fourth-order valence-corrected chi connectivity index (χ4v) is 4.51. The van der Waals surface area contributed by atoms with Crippen LogP contribution in [0.15, 0.2) is 40.3 Å². The van der Waals surface area contributed by atoms with E-state index < -0.39 is 17.5 Å². The first-order valence-corrected chi connectivity index (χ1v) is 9.29. The third-order valence-electron chi connectivity index (χ3n) is 4.96. The highest BCUT2D eigenvalue weighted by atomic mass is 32.1. The van der Waals surface area contributed by atoms with E-state index in [1.54, 1.807) is 29.3 Å². The molecule has 3 aromatic heterocycles. The van der Waals surface area contributed by atoms with Gasteiger partial charge in [-0.05, 0) is 35.6 Å². The first-order valence-electron chi connectivity index (χ1n) is 8.41. The first-order chi connectivity index (χ1) is 13.1. The van der Waals surface area contributed by atoms with Crippen molar-refractivity contribution in [3.63, 3.8) is 0 Å². The van der Waals surface area contributed by atoms with Crippen molar-refractivity contribution in [2.24, 2.45) is 0 Å². The van der Waals surface area contributed by atoms with Gasteiger partial charge in [0.15, 0.2) is 11.1 Å². The highest BCUT2D eigenvalue weighted by Gasteiger charge is 2.52. The zero-order chi connectivity index (χ0) is 18.6. The molecule has 136 valence electrons. The van der Waals surface area contributed by atoms with Gasteiger partial charge in [0, 0.05) is 18.8 Å². The number of aromatic nitrogens is 1. The Balaban J connectivity index is 1.57. The molecule has 9 heteroatoms. The number of imide groups is 1. The van der Waals surface area contributed by atoms with Gasteiger partial charge in [-0.1, -0.05) is 0 Å². The molecule has 4 amide bonds. The van der Waals surface area contributed by atoms with E-state index in [9.17, 15) is 14.4 Å². The summed E-state index contributed by atoms with van der Waals surface area (Å²) in [5.74, 6) is -0.436. The summed E-state index contributed by atoms with van der Waals surface area (Å²) in [5.41, 5.74) is 0.614. The van der Waals surface area contributed by atoms with Gasteiger partial charge in [0.05, 0.1) is 11.4 Å². The molecule has 27 heavy (non-hydrogen) atoms. The van der Waals surface area contributed by atoms with Gasteiger partial charge >= 0.3 is 6.03 Å². The third kappa shape index (κ3) is 2.35. The van der Waals surface area contributed by atoms with Gasteiger partial charge in [-0.2, -0.15) is 0 Å². The summed E-state index contributed by atoms with van der Waals surface area (Å²) in [6.07, 6.45) is 2.33. The van der Waals surface area contributed by atoms with Crippen molar-refractivity contribution in [2.45, 2.75) is 12.0 Å². The maximum Gasteiger partial charge on any atom is 0.322 e. The Morgan fingerprint density at radius 3 is 2.96 bits per heavy atom. The summed E-state index contributed by atoms with van der Waals surface area (Å²) >= 11 is 1.38. The molecule has 0 aromatic carbocycles. The van der Waals surface area contributed by atoms with E-state index in [1.807, 2.05) is 11.4 Å². The molecule has 2 N–H and O–H groups in total. The fraction of sp³-hybridized carbons (Fsp3) is 0.222. The molecule has 1 fully saturated rings. The van der Waals surface area contributed by atoms with E-state index in [4.69, 9.17) is 4.42 Å². The quantitative estimate of drug-likeness (QED) is 0.670. The zero-order valence-corrected chi connectivity index (χ0v) is 14.8. The van der Waals surface area contributed by atoms with Gasteiger partial charge in [-0.25, -0.2) is 4.79 Å². The number of nitrogens with one attached hydrogen (secondary N) is 2. The van der Waals surface area contributed by atoms with E-state index >= 15 is 0 Å². The van der Waals surface area contributed by atoms with Crippen LogP contribution >= 0.6 is 11.3 Å². The molecular weight excluding hydrogens is 368 g/mol. The van der Waals surface area contributed by atoms with E-state index in [1.165, 1.54) is 11.3 Å². The smallest absolute Gasteiger partial charge is 0.322 e. The van der Waals surface area contributed by atoms with Crippen molar-refractivity contribution in [3.05, 3.63) is 52.0 Å². The molecule has 1 unspecified atom stereocenters. The minimum absolute atomic E-state index is 0.0133. The molecule has 0 aliphatic carbocycles. The molecule has 1 atom stereocenters. The minimum Gasteiger partial charge on any atom is -0.456 e. The Bertz CT molecular complexity index is 1070. The van der Waals surface area contributed by atoms with E-state index in [0.29, 0.717) is 28.9 Å². The van der Waals surface area contributed by atoms with Crippen LogP contribution in [0.1, 0.15) is 21.0 Å². The lowest BCUT2D eigenvalue weighted by Gasteiger charge is -2.33. The van der Waals surface area contributed by atoms with Crippen molar-refractivity contribution >= 4 is 40.3 Å². The topological polar surface area (TPSA) is 105 Å². The fourth-order valence-electron chi connectivity index (χ4n) is 3.59. The Morgan fingerprint density at radius 1 is 1.30 bits per heavy atom. The number of carbonyl (C=O) groups excluding carboxylic acids is 3.